The van der Waals surface area contributed by atoms with E-state index in [0.29, 0.717) is 18.8 Å². The predicted octanol–water partition coefficient (Wildman–Crippen LogP) is 3.82. The summed E-state index contributed by atoms with van der Waals surface area (Å²) in [5.74, 6) is 0.568. The molecule has 5 heteroatoms. The van der Waals surface area contributed by atoms with Crippen LogP contribution in [0.4, 0.5) is 5.69 Å². The Hall–Kier alpha value is -2.82. The third-order valence-electron chi connectivity index (χ3n) is 6.21. The minimum absolute atomic E-state index is 0.0170. The number of carbonyl (C=O) groups excluding carboxylic acids is 2. The van der Waals surface area contributed by atoms with Crippen molar-refractivity contribution in [2.45, 2.75) is 50.5 Å². The summed E-state index contributed by atoms with van der Waals surface area (Å²) in [6.45, 7) is 2.75. The maximum atomic E-state index is 12.6. The number of nitrogens with zero attached hydrogens (tertiary/aromatic N) is 1. The van der Waals surface area contributed by atoms with Crippen molar-refractivity contribution in [1.82, 2.24) is 5.32 Å². The second-order valence-electron chi connectivity index (χ2n) is 8.10. The lowest BCUT2D eigenvalue weighted by Crippen LogP contribution is -2.46. The first-order valence-corrected chi connectivity index (χ1v) is 10.5. The highest BCUT2D eigenvalue weighted by Gasteiger charge is 2.36. The Balaban J connectivity index is 1.39. The highest BCUT2D eigenvalue weighted by molar-refractivity contribution is 6.00. The molecular weight excluding hydrogens is 364 g/mol. The van der Waals surface area contributed by atoms with E-state index in [2.05, 4.69) is 29.6 Å². The number of hydrogen-bond acceptors (Lipinski definition) is 3. The summed E-state index contributed by atoms with van der Waals surface area (Å²) in [6.07, 6.45) is 4.34. The van der Waals surface area contributed by atoms with Gasteiger partial charge in [0.05, 0.1) is 5.69 Å². The molecule has 1 aliphatic heterocycles. The number of ether oxygens (including phenoxy) is 1. The van der Waals surface area contributed by atoms with Crippen molar-refractivity contribution in [2.24, 2.45) is 0 Å². The average Bonchev–Trinajstić information content (AvgIpc) is 3.23. The molecule has 0 aromatic heterocycles. The van der Waals surface area contributed by atoms with Crippen LogP contribution in [-0.2, 0) is 15.0 Å². The van der Waals surface area contributed by atoms with Crippen LogP contribution in [-0.4, -0.2) is 31.0 Å². The summed E-state index contributed by atoms with van der Waals surface area (Å²) in [5, 5.41) is 3.15. The highest BCUT2D eigenvalue weighted by Crippen LogP contribution is 2.40. The molecule has 2 aromatic rings. The molecule has 2 amide bonds. The Kier molecular flexibility index (Phi) is 5.56. The van der Waals surface area contributed by atoms with Gasteiger partial charge in [0.15, 0.2) is 6.10 Å². The van der Waals surface area contributed by atoms with Crippen molar-refractivity contribution in [1.29, 1.82) is 0 Å². The molecule has 29 heavy (non-hydrogen) atoms. The van der Waals surface area contributed by atoms with Crippen LogP contribution in [0.25, 0.3) is 0 Å². The summed E-state index contributed by atoms with van der Waals surface area (Å²) < 4.78 is 5.67. The smallest absolute Gasteiger partial charge is 0.267 e. The highest BCUT2D eigenvalue weighted by atomic mass is 16.5. The molecule has 1 atom stereocenters. The molecule has 152 valence electrons. The molecule has 0 spiro atoms. The number of anilines is 1. The number of benzene rings is 2. The molecule has 5 nitrogen and oxygen atoms in total. The largest absolute Gasteiger partial charge is 0.479 e. The number of para-hydroxylation sites is 2. The van der Waals surface area contributed by atoms with Crippen LogP contribution < -0.4 is 15.0 Å². The molecule has 1 N–H and O–H groups in total. The van der Waals surface area contributed by atoms with Crippen LogP contribution in [0.1, 0.15) is 44.6 Å². The Morgan fingerprint density at radius 1 is 1.10 bits per heavy atom. The summed E-state index contributed by atoms with van der Waals surface area (Å²) in [5.41, 5.74) is 2.08. The Morgan fingerprint density at radius 2 is 1.79 bits per heavy atom. The standard InChI is InChI=1S/C24H28N2O3/c1-18-23(28)26(20-11-5-6-12-21(20)29-18)16-13-22(27)25-17-24(14-7-8-15-24)19-9-3-2-4-10-19/h2-6,9-12,18H,7-8,13-17H2,1H3,(H,25,27). The van der Waals surface area contributed by atoms with Crippen LogP contribution in [0.3, 0.4) is 0 Å². The molecule has 1 heterocycles. The van der Waals surface area contributed by atoms with Gasteiger partial charge in [0.2, 0.25) is 5.91 Å². The van der Waals surface area contributed by atoms with Crippen LogP contribution in [0.2, 0.25) is 0 Å². The molecule has 0 bridgehead atoms. The van der Waals surface area contributed by atoms with Gasteiger partial charge in [-0.2, -0.15) is 0 Å². The molecule has 2 aromatic carbocycles. The van der Waals surface area contributed by atoms with E-state index in [1.54, 1.807) is 11.8 Å². The monoisotopic (exact) mass is 392 g/mol. The van der Waals surface area contributed by atoms with E-state index < -0.39 is 6.10 Å². The third-order valence-corrected chi connectivity index (χ3v) is 6.21. The fraction of sp³-hybridized carbons (Fsp3) is 0.417. The molecule has 0 radical (unpaired) electrons. The second-order valence-corrected chi connectivity index (χ2v) is 8.10. The zero-order valence-electron chi connectivity index (χ0n) is 16.9. The predicted molar refractivity (Wildman–Crippen MR) is 113 cm³/mol. The fourth-order valence-corrected chi connectivity index (χ4v) is 4.57. The summed E-state index contributed by atoms with van der Waals surface area (Å²) in [4.78, 5) is 26.9. The first-order valence-electron chi connectivity index (χ1n) is 10.5. The van der Waals surface area contributed by atoms with Crippen molar-refractivity contribution in [3.63, 3.8) is 0 Å². The van der Waals surface area contributed by atoms with Gasteiger partial charge in [-0.05, 0) is 37.5 Å². The summed E-state index contributed by atoms with van der Waals surface area (Å²) >= 11 is 0. The Bertz CT molecular complexity index is 875. The molecule has 2 aliphatic rings. The van der Waals surface area contributed by atoms with E-state index in [-0.39, 0.29) is 23.7 Å². The van der Waals surface area contributed by atoms with E-state index in [1.807, 2.05) is 30.3 Å². The zero-order chi connectivity index (χ0) is 20.3. The average molecular weight is 392 g/mol. The van der Waals surface area contributed by atoms with Gasteiger partial charge in [-0.15, -0.1) is 0 Å². The van der Waals surface area contributed by atoms with Gasteiger partial charge in [-0.3, -0.25) is 9.59 Å². The van der Waals surface area contributed by atoms with Crippen molar-refractivity contribution in [3.8, 4) is 5.75 Å². The van der Waals surface area contributed by atoms with Gasteiger partial charge >= 0.3 is 0 Å². The van der Waals surface area contributed by atoms with Crippen LogP contribution in [0.5, 0.6) is 5.75 Å². The topological polar surface area (TPSA) is 58.6 Å². The third kappa shape index (κ3) is 4.00. The lowest BCUT2D eigenvalue weighted by Gasteiger charge is -2.33. The number of amides is 2. The van der Waals surface area contributed by atoms with E-state index in [0.717, 1.165) is 18.5 Å². The lowest BCUT2D eigenvalue weighted by molar-refractivity contribution is -0.125. The van der Waals surface area contributed by atoms with Crippen molar-refractivity contribution >= 4 is 17.5 Å². The van der Waals surface area contributed by atoms with Crippen molar-refractivity contribution < 1.29 is 14.3 Å². The van der Waals surface area contributed by atoms with Crippen LogP contribution >= 0.6 is 0 Å². The van der Waals surface area contributed by atoms with Gasteiger partial charge in [0, 0.05) is 24.9 Å². The SMILES string of the molecule is CC1Oc2ccccc2N(CCC(=O)NCC2(c3ccccc3)CCCC2)C1=O. The minimum atomic E-state index is -0.534. The van der Waals surface area contributed by atoms with Gasteiger partial charge in [-0.1, -0.05) is 55.3 Å². The Labute approximate surface area is 172 Å². The summed E-state index contributed by atoms with van der Waals surface area (Å²) in [7, 11) is 0. The number of carbonyl (C=O) groups is 2. The maximum Gasteiger partial charge on any atom is 0.267 e. The van der Waals surface area contributed by atoms with Crippen LogP contribution in [0.15, 0.2) is 54.6 Å². The maximum absolute atomic E-state index is 12.6. The van der Waals surface area contributed by atoms with Gasteiger partial charge in [-0.25, -0.2) is 0 Å². The van der Waals surface area contributed by atoms with Gasteiger partial charge < -0.3 is 15.0 Å². The second kappa shape index (κ2) is 8.27. The number of fused-ring (bicyclic) bond motifs is 1. The first kappa shape index (κ1) is 19.5. The number of hydrogen-bond donors (Lipinski definition) is 1. The summed E-state index contributed by atoms with van der Waals surface area (Å²) in [6, 6.07) is 18.0. The van der Waals surface area contributed by atoms with Crippen molar-refractivity contribution in [2.75, 3.05) is 18.0 Å². The Morgan fingerprint density at radius 3 is 2.55 bits per heavy atom. The number of nitrogens with one attached hydrogen (secondary N) is 1. The van der Waals surface area contributed by atoms with Gasteiger partial charge in [0.25, 0.3) is 5.91 Å². The number of rotatable bonds is 6. The quantitative estimate of drug-likeness (QED) is 0.813. The fourth-order valence-electron chi connectivity index (χ4n) is 4.57. The van der Waals surface area contributed by atoms with E-state index in [4.69, 9.17) is 4.74 Å². The lowest BCUT2D eigenvalue weighted by atomic mass is 9.79. The van der Waals surface area contributed by atoms with E-state index in [1.165, 1.54) is 18.4 Å². The molecule has 1 aliphatic carbocycles. The molecule has 1 saturated carbocycles. The van der Waals surface area contributed by atoms with Crippen molar-refractivity contribution in [3.05, 3.63) is 60.2 Å². The normalized spacial score (nSPS) is 20.1. The molecule has 4 rings (SSSR count). The van der Waals surface area contributed by atoms with E-state index in [9.17, 15) is 9.59 Å². The van der Waals surface area contributed by atoms with Crippen LogP contribution in [0, 0.1) is 0 Å². The van der Waals surface area contributed by atoms with Gasteiger partial charge in [0.1, 0.15) is 5.75 Å². The molecule has 0 saturated heterocycles. The first-order chi connectivity index (χ1) is 14.1. The molecular formula is C24H28N2O3. The zero-order valence-corrected chi connectivity index (χ0v) is 16.9. The molecule has 1 fully saturated rings. The minimum Gasteiger partial charge on any atom is -0.479 e. The van der Waals surface area contributed by atoms with E-state index >= 15 is 0 Å². The molecule has 1 unspecified atom stereocenters.